The van der Waals surface area contributed by atoms with E-state index in [-0.39, 0.29) is 11.4 Å². The summed E-state index contributed by atoms with van der Waals surface area (Å²) in [6.07, 6.45) is 1.91. The molecule has 0 radical (unpaired) electrons. The summed E-state index contributed by atoms with van der Waals surface area (Å²) in [7, 11) is -4.00. The van der Waals surface area contributed by atoms with Crippen LogP contribution in [0.3, 0.4) is 0 Å². The van der Waals surface area contributed by atoms with Crippen molar-refractivity contribution in [3.05, 3.63) is 82.9 Å². The van der Waals surface area contributed by atoms with Crippen molar-refractivity contribution < 1.29 is 13.2 Å². The van der Waals surface area contributed by atoms with Crippen molar-refractivity contribution in [1.82, 2.24) is 0 Å². The molecule has 0 bridgehead atoms. The number of nitrogens with one attached hydrogen (secondary N) is 1. The molecule has 0 atom stereocenters. The van der Waals surface area contributed by atoms with Gasteiger partial charge in [0.1, 0.15) is 6.54 Å². The van der Waals surface area contributed by atoms with E-state index in [9.17, 15) is 13.2 Å². The smallest absolute Gasteiger partial charge is 0.264 e. The van der Waals surface area contributed by atoms with Crippen LogP contribution in [0.15, 0.2) is 76.5 Å². The maximum Gasteiger partial charge on any atom is 0.264 e. The molecule has 1 amide bonds. The normalized spacial score (nSPS) is 11.2. The number of rotatable bonds is 7. The SMILES string of the molecule is CSc1ccccc1NC(=O)CN(c1cccc(Cl)c1C)S(=O)(=O)c1ccc(C)cc1. The molecule has 0 aromatic heterocycles. The third-order valence-corrected chi connectivity index (χ3v) is 7.76. The number of sulfonamides is 1. The van der Waals surface area contributed by atoms with Gasteiger partial charge < -0.3 is 5.32 Å². The second kappa shape index (κ2) is 9.77. The van der Waals surface area contributed by atoms with E-state index in [2.05, 4.69) is 5.32 Å². The molecule has 0 fully saturated rings. The minimum absolute atomic E-state index is 0.106. The number of hydrogen-bond donors (Lipinski definition) is 1. The fourth-order valence-corrected chi connectivity index (χ4v) is 5.27. The Balaban J connectivity index is 2.01. The monoisotopic (exact) mass is 474 g/mol. The number of para-hydroxylation sites is 1. The van der Waals surface area contributed by atoms with Crippen molar-refractivity contribution in [2.45, 2.75) is 23.6 Å². The summed E-state index contributed by atoms with van der Waals surface area (Å²) in [6.45, 7) is 3.22. The molecule has 3 aromatic carbocycles. The molecule has 0 aliphatic rings. The number of anilines is 2. The van der Waals surface area contributed by atoms with Gasteiger partial charge in [-0.3, -0.25) is 9.10 Å². The first-order valence-electron chi connectivity index (χ1n) is 9.51. The Morgan fingerprint density at radius 2 is 1.68 bits per heavy atom. The predicted octanol–water partition coefficient (Wildman–Crippen LogP) is 5.51. The highest BCUT2D eigenvalue weighted by atomic mass is 35.5. The van der Waals surface area contributed by atoms with Gasteiger partial charge in [0, 0.05) is 9.92 Å². The average molecular weight is 475 g/mol. The van der Waals surface area contributed by atoms with Crippen molar-refractivity contribution in [2.24, 2.45) is 0 Å². The van der Waals surface area contributed by atoms with Crippen LogP contribution in [0.4, 0.5) is 11.4 Å². The van der Waals surface area contributed by atoms with Gasteiger partial charge in [0.2, 0.25) is 5.91 Å². The quantitative estimate of drug-likeness (QED) is 0.458. The van der Waals surface area contributed by atoms with Crippen LogP contribution in [-0.4, -0.2) is 27.1 Å². The summed E-state index contributed by atoms with van der Waals surface area (Å²) >= 11 is 7.75. The Morgan fingerprint density at radius 3 is 2.35 bits per heavy atom. The number of carbonyl (C=O) groups is 1. The zero-order valence-electron chi connectivity index (χ0n) is 17.4. The number of aryl methyl sites for hydroxylation is 1. The van der Waals surface area contributed by atoms with Crippen LogP contribution in [0, 0.1) is 13.8 Å². The molecule has 5 nitrogen and oxygen atoms in total. The lowest BCUT2D eigenvalue weighted by Gasteiger charge is -2.26. The maximum atomic E-state index is 13.5. The van der Waals surface area contributed by atoms with E-state index in [0.717, 1.165) is 14.8 Å². The van der Waals surface area contributed by atoms with Crippen LogP contribution < -0.4 is 9.62 Å². The van der Waals surface area contributed by atoms with Gasteiger partial charge in [0.05, 0.1) is 16.3 Å². The molecule has 0 aliphatic heterocycles. The lowest BCUT2D eigenvalue weighted by atomic mass is 10.2. The highest BCUT2D eigenvalue weighted by molar-refractivity contribution is 7.98. The number of halogens is 1. The van der Waals surface area contributed by atoms with Crippen LogP contribution >= 0.6 is 23.4 Å². The van der Waals surface area contributed by atoms with Gasteiger partial charge in [-0.1, -0.05) is 47.5 Å². The zero-order valence-corrected chi connectivity index (χ0v) is 19.8. The molecule has 31 heavy (non-hydrogen) atoms. The van der Waals surface area contributed by atoms with Crippen molar-refractivity contribution in [1.29, 1.82) is 0 Å². The maximum absolute atomic E-state index is 13.5. The summed E-state index contributed by atoms with van der Waals surface area (Å²) in [5.41, 5.74) is 2.52. The van der Waals surface area contributed by atoms with Crippen LogP contribution in [-0.2, 0) is 14.8 Å². The summed E-state index contributed by atoms with van der Waals surface area (Å²) in [6, 6.07) is 18.9. The summed E-state index contributed by atoms with van der Waals surface area (Å²) in [5, 5.41) is 3.26. The van der Waals surface area contributed by atoms with E-state index in [1.165, 1.54) is 11.8 Å². The average Bonchev–Trinajstić information content (AvgIpc) is 2.75. The molecule has 0 unspecified atom stereocenters. The molecule has 162 valence electrons. The van der Waals surface area contributed by atoms with Gasteiger partial charge in [0.25, 0.3) is 10.0 Å². The highest BCUT2D eigenvalue weighted by Gasteiger charge is 2.29. The fraction of sp³-hybridized carbons (Fsp3) is 0.174. The molecule has 1 N–H and O–H groups in total. The molecule has 0 heterocycles. The topological polar surface area (TPSA) is 66.5 Å². The minimum atomic E-state index is -4.00. The van der Waals surface area contributed by atoms with Gasteiger partial charge in [-0.25, -0.2) is 8.42 Å². The van der Waals surface area contributed by atoms with Gasteiger partial charge in [-0.2, -0.15) is 0 Å². The number of hydrogen-bond acceptors (Lipinski definition) is 4. The Labute approximate surface area is 192 Å². The second-order valence-electron chi connectivity index (χ2n) is 6.96. The molecule has 0 aliphatic carbocycles. The largest absolute Gasteiger partial charge is 0.323 e. The number of benzene rings is 3. The second-order valence-corrected chi connectivity index (χ2v) is 10.1. The van der Waals surface area contributed by atoms with Crippen LogP contribution in [0.1, 0.15) is 11.1 Å². The van der Waals surface area contributed by atoms with Crippen molar-refractivity contribution in [3.8, 4) is 0 Å². The van der Waals surface area contributed by atoms with E-state index < -0.39 is 15.9 Å². The van der Waals surface area contributed by atoms with Crippen LogP contribution in [0.5, 0.6) is 0 Å². The third kappa shape index (κ3) is 5.23. The standard InChI is InChI=1S/C23H23ClN2O3S2/c1-16-11-13-18(14-12-16)31(28,29)26(21-9-6-7-19(24)17(21)2)15-23(27)25-20-8-4-5-10-22(20)30-3/h4-14H,15H2,1-3H3,(H,25,27). The first-order chi connectivity index (χ1) is 14.7. The minimum Gasteiger partial charge on any atom is -0.323 e. The van der Waals surface area contributed by atoms with E-state index in [1.807, 2.05) is 31.4 Å². The van der Waals surface area contributed by atoms with Gasteiger partial charge in [-0.15, -0.1) is 11.8 Å². The van der Waals surface area contributed by atoms with E-state index >= 15 is 0 Å². The summed E-state index contributed by atoms with van der Waals surface area (Å²) < 4.78 is 28.1. The lowest BCUT2D eigenvalue weighted by Crippen LogP contribution is -2.38. The first kappa shape index (κ1) is 23.2. The predicted molar refractivity (Wildman–Crippen MR) is 129 cm³/mol. The van der Waals surface area contributed by atoms with Gasteiger partial charge in [-0.05, 0) is 62.1 Å². The van der Waals surface area contributed by atoms with E-state index in [1.54, 1.807) is 55.5 Å². The molecule has 0 spiro atoms. The lowest BCUT2D eigenvalue weighted by molar-refractivity contribution is -0.114. The Kier molecular flexibility index (Phi) is 7.30. The van der Waals surface area contributed by atoms with Gasteiger partial charge >= 0.3 is 0 Å². The first-order valence-corrected chi connectivity index (χ1v) is 12.6. The Hall–Kier alpha value is -2.48. The van der Waals surface area contributed by atoms with Crippen molar-refractivity contribution >= 4 is 50.7 Å². The molecular weight excluding hydrogens is 452 g/mol. The molecule has 8 heteroatoms. The van der Waals surface area contributed by atoms with Crippen molar-refractivity contribution in [3.63, 3.8) is 0 Å². The molecule has 3 aromatic rings. The molecule has 0 saturated heterocycles. The van der Waals surface area contributed by atoms with Crippen molar-refractivity contribution in [2.75, 3.05) is 22.4 Å². The number of amides is 1. The Bertz CT molecular complexity index is 1200. The molecular formula is C23H23ClN2O3S2. The number of nitrogens with zero attached hydrogens (tertiary/aromatic N) is 1. The molecule has 0 saturated carbocycles. The van der Waals surface area contributed by atoms with Crippen LogP contribution in [0.25, 0.3) is 0 Å². The summed E-state index contributed by atoms with van der Waals surface area (Å²) in [4.78, 5) is 13.9. The van der Waals surface area contributed by atoms with Crippen LogP contribution in [0.2, 0.25) is 5.02 Å². The fourth-order valence-electron chi connectivity index (χ4n) is 3.07. The van der Waals surface area contributed by atoms with Gasteiger partial charge in [0.15, 0.2) is 0 Å². The highest BCUT2D eigenvalue weighted by Crippen LogP contribution is 2.31. The molecule has 3 rings (SSSR count). The third-order valence-electron chi connectivity index (χ3n) is 4.79. The summed E-state index contributed by atoms with van der Waals surface area (Å²) in [5.74, 6) is -0.448. The Morgan fingerprint density at radius 1 is 1.00 bits per heavy atom. The number of thioether (sulfide) groups is 1. The zero-order chi connectivity index (χ0) is 22.6. The van der Waals surface area contributed by atoms with E-state index in [4.69, 9.17) is 11.6 Å². The van der Waals surface area contributed by atoms with E-state index in [0.29, 0.717) is 22.0 Å². The number of carbonyl (C=O) groups excluding carboxylic acids is 1.